The number of thioether (sulfide) groups is 1. The maximum Gasteiger partial charge on any atom is 0.156 e. The lowest BCUT2D eigenvalue weighted by molar-refractivity contribution is 0.437. The number of hydrogen-bond acceptors (Lipinski definition) is 5. The highest BCUT2D eigenvalue weighted by Crippen LogP contribution is 2.26. The highest BCUT2D eigenvalue weighted by molar-refractivity contribution is 8.13. The van der Waals surface area contributed by atoms with E-state index in [1.165, 1.54) is 5.01 Å². The topological polar surface area (TPSA) is 37.3 Å². The van der Waals surface area contributed by atoms with Crippen LogP contribution in [0.3, 0.4) is 0 Å². The van der Waals surface area contributed by atoms with Crippen LogP contribution >= 0.6 is 23.1 Å². The molecule has 0 spiro atoms. The Hall–Kier alpha value is -0.550. The molecular formula is C12H19N3S2. The van der Waals surface area contributed by atoms with Crippen LogP contribution in [0.4, 0.5) is 0 Å². The number of nitrogens with one attached hydrogen (secondary N) is 1. The highest BCUT2D eigenvalue weighted by Gasteiger charge is 2.22. The van der Waals surface area contributed by atoms with Gasteiger partial charge in [-0.1, -0.05) is 25.6 Å². The number of aliphatic imine (C=N–C) groups is 1. The van der Waals surface area contributed by atoms with Crippen molar-refractivity contribution in [1.82, 2.24) is 10.3 Å². The van der Waals surface area contributed by atoms with Gasteiger partial charge in [-0.3, -0.25) is 4.99 Å². The molecule has 3 nitrogen and oxygen atoms in total. The Labute approximate surface area is 111 Å². The van der Waals surface area contributed by atoms with Crippen molar-refractivity contribution < 1.29 is 0 Å². The molecule has 1 aliphatic heterocycles. The summed E-state index contributed by atoms with van der Waals surface area (Å²) in [5.41, 5.74) is 1.47. The fourth-order valence-electron chi connectivity index (χ4n) is 1.54. The van der Waals surface area contributed by atoms with Gasteiger partial charge in [0.1, 0.15) is 0 Å². The predicted molar refractivity (Wildman–Crippen MR) is 77.1 cm³/mol. The number of aryl methyl sites for hydroxylation is 1. The molecule has 0 fully saturated rings. The lowest BCUT2D eigenvalue weighted by Crippen LogP contribution is -2.32. The summed E-state index contributed by atoms with van der Waals surface area (Å²) in [4.78, 5) is 9.02. The molecule has 0 amide bonds. The van der Waals surface area contributed by atoms with Crippen molar-refractivity contribution in [3.8, 4) is 0 Å². The summed E-state index contributed by atoms with van der Waals surface area (Å²) in [6.07, 6.45) is 0.988. The van der Waals surface area contributed by atoms with Crippen LogP contribution < -0.4 is 5.32 Å². The van der Waals surface area contributed by atoms with E-state index in [0.717, 1.165) is 36.1 Å². The monoisotopic (exact) mass is 269 g/mol. The number of aromatic nitrogens is 1. The molecule has 1 N–H and O–H groups in total. The second-order valence-corrected chi connectivity index (χ2v) is 7.04. The van der Waals surface area contributed by atoms with Crippen LogP contribution in [0.15, 0.2) is 10.4 Å². The lowest BCUT2D eigenvalue weighted by Gasteiger charge is -2.27. The third-order valence-electron chi connectivity index (χ3n) is 2.53. The molecule has 2 rings (SSSR count). The van der Waals surface area contributed by atoms with Gasteiger partial charge < -0.3 is 5.32 Å². The Bertz CT molecular complexity index is 410. The molecule has 0 aliphatic carbocycles. The van der Waals surface area contributed by atoms with Crippen molar-refractivity contribution in [1.29, 1.82) is 0 Å². The second kappa shape index (κ2) is 5.40. The minimum atomic E-state index is 0.349. The van der Waals surface area contributed by atoms with Gasteiger partial charge in [-0.25, -0.2) is 4.98 Å². The highest BCUT2D eigenvalue weighted by atomic mass is 32.2. The van der Waals surface area contributed by atoms with Gasteiger partial charge in [0.25, 0.3) is 0 Å². The molecule has 94 valence electrons. The largest absolute Gasteiger partial charge is 0.365 e. The van der Waals surface area contributed by atoms with E-state index in [-0.39, 0.29) is 0 Å². The molecule has 1 aliphatic rings. The van der Waals surface area contributed by atoms with E-state index in [9.17, 15) is 0 Å². The Kier molecular flexibility index (Phi) is 4.09. The zero-order valence-corrected chi connectivity index (χ0v) is 12.2. The standard InChI is InChI=1S/C12H19N3S2/c1-9-6-16-10(15-9)4-5-13-11-14-7-12(2,3)8-17-11/h6H,4-5,7-8H2,1-3H3,(H,13,14). The van der Waals surface area contributed by atoms with Crippen LogP contribution in [0.25, 0.3) is 0 Å². The van der Waals surface area contributed by atoms with Crippen molar-refractivity contribution in [3.63, 3.8) is 0 Å². The van der Waals surface area contributed by atoms with Crippen LogP contribution in [0, 0.1) is 12.3 Å². The first-order valence-electron chi connectivity index (χ1n) is 5.87. The molecule has 1 aromatic heterocycles. The van der Waals surface area contributed by atoms with Crippen molar-refractivity contribution in [3.05, 3.63) is 16.1 Å². The van der Waals surface area contributed by atoms with Crippen LogP contribution in [0.2, 0.25) is 0 Å². The summed E-state index contributed by atoms with van der Waals surface area (Å²) in [6, 6.07) is 0. The average Bonchev–Trinajstić information content (AvgIpc) is 2.67. The Morgan fingerprint density at radius 2 is 2.29 bits per heavy atom. The molecule has 5 heteroatoms. The fourth-order valence-corrected chi connectivity index (χ4v) is 3.30. The number of hydrogen-bond donors (Lipinski definition) is 1. The molecule has 0 saturated heterocycles. The lowest BCUT2D eigenvalue weighted by atomic mass is 9.97. The molecule has 2 heterocycles. The van der Waals surface area contributed by atoms with Crippen molar-refractivity contribution in [2.45, 2.75) is 27.2 Å². The zero-order chi connectivity index (χ0) is 12.3. The molecule has 0 radical (unpaired) electrons. The van der Waals surface area contributed by atoms with Crippen LogP contribution in [-0.2, 0) is 6.42 Å². The van der Waals surface area contributed by atoms with E-state index in [0.29, 0.717) is 5.41 Å². The van der Waals surface area contributed by atoms with E-state index in [2.05, 4.69) is 34.5 Å². The van der Waals surface area contributed by atoms with Gasteiger partial charge >= 0.3 is 0 Å². The smallest absolute Gasteiger partial charge is 0.156 e. The Morgan fingerprint density at radius 1 is 1.47 bits per heavy atom. The number of nitrogens with zero attached hydrogens (tertiary/aromatic N) is 2. The molecule has 0 bridgehead atoms. The quantitative estimate of drug-likeness (QED) is 0.917. The molecule has 0 saturated carbocycles. The van der Waals surface area contributed by atoms with Gasteiger partial charge in [0, 0.05) is 36.3 Å². The minimum Gasteiger partial charge on any atom is -0.365 e. The number of thiazole rings is 1. The summed E-state index contributed by atoms with van der Waals surface area (Å²) in [5.74, 6) is 1.15. The Morgan fingerprint density at radius 3 is 2.88 bits per heavy atom. The summed E-state index contributed by atoms with van der Waals surface area (Å²) in [7, 11) is 0. The average molecular weight is 269 g/mol. The van der Waals surface area contributed by atoms with Crippen LogP contribution in [0.1, 0.15) is 24.5 Å². The summed E-state index contributed by atoms with van der Waals surface area (Å²) >= 11 is 3.57. The van der Waals surface area contributed by atoms with Gasteiger partial charge in [0.05, 0.1) is 5.01 Å². The van der Waals surface area contributed by atoms with Gasteiger partial charge in [0.15, 0.2) is 5.17 Å². The normalized spacial score (nSPS) is 18.9. The maximum absolute atomic E-state index is 4.57. The summed E-state index contributed by atoms with van der Waals surface area (Å²) in [5, 5.41) is 7.80. The minimum absolute atomic E-state index is 0.349. The first kappa shape index (κ1) is 12.9. The number of rotatable bonds is 3. The maximum atomic E-state index is 4.57. The first-order valence-corrected chi connectivity index (χ1v) is 7.74. The van der Waals surface area contributed by atoms with E-state index >= 15 is 0 Å². The van der Waals surface area contributed by atoms with Gasteiger partial charge in [-0.15, -0.1) is 11.3 Å². The Balaban J connectivity index is 1.74. The van der Waals surface area contributed by atoms with E-state index in [1.54, 1.807) is 11.3 Å². The molecular weight excluding hydrogens is 250 g/mol. The fraction of sp³-hybridized carbons (Fsp3) is 0.667. The van der Waals surface area contributed by atoms with Crippen molar-refractivity contribution in [2.75, 3.05) is 18.8 Å². The molecule has 1 aromatic rings. The molecule has 17 heavy (non-hydrogen) atoms. The molecule has 0 aromatic carbocycles. The second-order valence-electron chi connectivity index (χ2n) is 5.13. The van der Waals surface area contributed by atoms with E-state index in [4.69, 9.17) is 0 Å². The van der Waals surface area contributed by atoms with Gasteiger partial charge in [-0.2, -0.15) is 0 Å². The summed E-state index contributed by atoms with van der Waals surface area (Å²) < 4.78 is 0. The van der Waals surface area contributed by atoms with Crippen molar-refractivity contribution in [2.24, 2.45) is 10.4 Å². The van der Waals surface area contributed by atoms with E-state index in [1.807, 2.05) is 18.7 Å². The van der Waals surface area contributed by atoms with Crippen molar-refractivity contribution >= 4 is 28.3 Å². The molecule has 0 unspecified atom stereocenters. The van der Waals surface area contributed by atoms with Gasteiger partial charge in [-0.05, 0) is 12.3 Å². The third-order valence-corrected chi connectivity index (χ3v) is 5.03. The molecule has 0 atom stereocenters. The zero-order valence-electron chi connectivity index (χ0n) is 10.6. The third kappa shape index (κ3) is 4.00. The first-order chi connectivity index (χ1) is 8.05. The van der Waals surface area contributed by atoms with E-state index < -0.39 is 0 Å². The summed E-state index contributed by atoms with van der Waals surface area (Å²) in [6.45, 7) is 8.42. The van der Waals surface area contributed by atoms with Crippen LogP contribution in [-0.4, -0.2) is 29.0 Å². The van der Waals surface area contributed by atoms with Crippen LogP contribution in [0.5, 0.6) is 0 Å². The number of amidine groups is 1. The SMILES string of the molecule is Cc1csc(CCNC2=NCC(C)(C)CS2)n1. The predicted octanol–water partition coefficient (Wildman–Crippen LogP) is 2.71. The van der Waals surface area contributed by atoms with Gasteiger partial charge in [0.2, 0.25) is 0 Å².